The molecule has 2 nitrogen and oxygen atoms in total. The molecule has 0 amide bonds. The van der Waals surface area contributed by atoms with Crippen molar-refractivity contribution >= 4 is 15.9 Å². The number of halogens is 1. The fourth-order valence-corrected chi connectivity index (χ4v) is 4.49. The van der Waals surface area contributed by atoms with Crippen LogP contribution in [0.2, 0.25) is 0 Å². The zero-order chi connectivity index (χ0) is 17.0. The Morgan fingerprint density at radius 2 is 2.04 bits per heavy atom. The van der Waals surface area contributed by atoms with E-state index in [2.05, 4.69) is 42.4 Å². The molecule has 0 radical (unpaired) electrons. The lowest BCUT2D eigenvalue weighted by molar-refractivity contribution is 0.179. The molecular weight excluding hydrogens is 352 g/mol. The van der Waals surface area contributed by atoms with Gasteiger partial charge in [0.05, 0.1) is 0 Å². The van der Waals surface area contributed by atoms with Gasteiger partial charge in [0.15, 0.2) is 0 Å². The Balaban J connectivity index is 2.29. The average molecular weight is 381 g/mol. The number of hydrogen-bond acceptors (Lipinski definition) is 2. The number of unbranched alkanes of at least 4 members (excludes halogenated alkanes) is 1. The van der Waals surface area contributed by atoms with Crippen molar-refractivity contribution in [3.63, 3.8) is 0 Å². The summed E-state index contributed by atoms with van der Waals surface area (Å²) in [4.78, 5) is 0. The van der Waals surface area contributed by atoms with Crippen LogP contribution in [-0.4, -0.2) is 15.5 Å². The van der Waals surface area contributed by atoms with E-state index in [-0.39, 0.29) is 23.5 Å². The molecule has 0 aromatic heterocycles. The van der Waals surface area contributed by atoms with Crippen LogP contribution in [0, 0.1) is 23.7 Å². The lowest BCUT2D eigenvalue weighted by Crippen LogP contribution is -2.33. The van der Waals surface area contributed by atoms with Gasteiger partial charge in [-0.15, -0.1) is 0 Å². The first-order valence-corrected chi connectivity index (χ1v) is 9.76. The van der Waals surface area contributed by atoms with Crippen molar-refractivity contribution < 1.29 is 10.2 Å². The van der Waals surface area contributed by atoms with Crippen molar-refractivity contribution in [3.8, 4) is 0 Å². The van der Waals surface area contributed by atoms with Crippen molar-refractivity contribution in [1.29, 1.82) is 0 Å². The highest BCUT2D eigenvalue weighted by atomic mass is 79.9. The molecule has 3 heteroatoms. The molecule has 0 bridgehead atoms. The first kappa shape index (κ1) is 18.4. The first-order chi connectivity index (χ1) is 10.9. The Hall–Kier alpha value is -0.960. The topological polar surface area (TPSA) is 40.5 Å². The molecule has 128 valence electrons. The quantitative estimate of drug-likeness (QED) is 0.325. The third kappa shape index (κ3) is 4.53. The molecule has 2 unspecified atom stereocenters. The zero-order valence-electron chi connectivity index (χ0n) is 14.3. The predicted molar refractivity (Wildman–Crippen MR) is 101 cm³/mol. The van der Waals surface area contributed by atoms with Crippen LogP contribution in [0.15, 0.2) is 47.5 Å². The van der Waals surface area contributed by atoms with Crippen LogP contribution in [0.3, 0.4) is 0 Å². The molecule has 0 fully saturated rings. The van der Waals surface area contributed by atoms with Gasteiger partial charge in [-0.1, -0.05) is 46.2 Å². The summed E-state index contributed by atoms with van der Waals surface area (Å²) in [6, 6.07) is 0. The minimum Gasteiger partial charge on any atom is -0.512 e. The van der Waals surface area contributed by atoms with Crippen molar-refractivity contribution in [3.05, 3.63) is 47.5 Å². The van der Waals surface area contributed by atoms with Gasteiger partial charge < -0.3 is 10.2 Å². The predicted octanol–water partition coefficient (Wildman–Crippen LogP) is 6.23. The van der Waals surface area contributed by atoms with Crippen molar-refractivity contribution in [2.75, 3.05) is 5.33 Å². The number of allylic oxidation sites excluding steroid dienone is 6. The number of rotatable bonds is 6. The van der Waals surface area contributed by atoms with Gasteiger partial charge in [0.2, 0.25) is 0 Å². The summed E-state index contributed by atoms with van der Waals surface area (Å²) in [6.45, 7) is 8.47. The van der Waals surface area contributed by atoms with Gasteiger partial charge in [-0.25, -0.2) is 0 Å². The molecule has 0 aromatic rings. The number of aliphatic hydroxyl groups excluding tert-OH is 2. The summed E-state index contributed by atoms with van der Waals surface area (Å²) >= 11 is 3.48. The standard InChI is InChI=1S/C20H29BrO2/c1-13(2)17-8-7-14(3)10-18(17)20-15(6-4-5-9-21)11-16(22)12-19(20)23/h10-12,15,17-18,20,22-23H,1,4-9H2,2-3H3/t15?,17-,18+,20?/m0/s1. The minimum atomic E-state index is 0.0539. The Morgan fingerprint density at radius 3 is 2.70 bits per heavy atom. The van der Waals surface area contributed by atoms with Gasteiger partial charge in [-0.05, 0) is 63.4 Å². The van der Waals surface area contributed by atoms with Crippen LogP contribution in [0.1, 0.15) is 46.0 Å². The molecule has 23 heavy (non-hydrogen) atoms. The Labute approximate surface area is 148 Å². The van der Waals surface area contributed by atoms with E-state index in [1.165, 1.54) is 17.2 Å². The second-order valence-electron chi connectivity index (χ2n) is 7.12. The smallest absolute Gasteiger partial charge is 0.115 e. The largest absolute Gasteiger partial charge is 0.512 e. The van der Waals surface area contributed by atoms with Crippen LogP contribution < -0.4 is 0 Å². The van der Waals surface area contributed by atoms with Gasteiger partial charge in [0, 0.05) is 17.3 Å². The van der Waals surface area contributed by atoms with Crippen molar-refractivity contribution in [1.82, 2.24) is 0 Å². The zero-order valence-corrected chi connectivity index (χ0v) is 15.8. The summed E-state index contributed by atoms with van der Waals surface area (Å²) in [5.74, 6) is 1.45. The van der Waals surface area contributed by atoms with Crippen molar-refractivity contribution in [2.45, 2.75) is 46.0 Å². The van der Waals surface area contributed by atoms with E-state index in [0.29, 0.717) is 11.7 Å². The van der Waals surface area contributed by atoms with Crippen LogP contribution >= 0.6 is 15.9 Å². The molecule has 0 saturated carbocycles. The third-order valence-corrected chi connectivity index (χ3v) is 5.80. The van der Waals surface area contributed by atoms with E-state index >= 15 is 0 Å². The molecule has 2 aliphatic carbocycles. The van der Waals surface area contributed by atoms with E-state index in [9.17, 15) is 10.2 Å². The van der Waals surface area contributed by atoms with E-state index in [0.717, 1.165) is 37.4 Å². The SMILES string of the molecule is C=C(C)[C@@H]1CCC(C)=C[C@H]1C1C(O)=CC(O)=CC1CCCCBr. The summed E-state index contributed by atoms with van der Waals surface area (Å²) in [7, 11) is 0. The Kier molecular flexibility index (Phi) is 6.58. The molecular formula is C20H29BrO2. The van der Waals surface area contributed by atoms with Gasteiger partial charge in [0.1, 0.15) is 11.5 Å². The molecule has 0 aromatic carbocycles. The maximum Gasteiger partial charge on any atom is 0.115 e. The number of alkyl halides is 1. The van der Waals surface area contributed by atoms with Gasteiger partial charge in [-0.2, -0.15) is 0 Å². The summed E-state index contributed by atoms with van der Waals surface area (Å²) in [5.41, 5.74) is 2.60. The third-order valence-electron chi connectivity index (χ3n) is 5.24. The molecule has 0 heterocycles. The van der Waals surface area contributed by atoms with Gasteiger partial charge in [0.25, 0.3) is 0 Å². The maximum atomic E-state index is 10.6. The highest BCUT2D eigenvalue weighted by Gasteiger charge is 2.38. The summed E-state index contributed by atoms with van der Waals surface area (Å²) in [5, 5.41) is 21.5. The fourth-order valence-electron chi connectivity index (χ4n) is 4.09. The van der Waals surface area contributed by atoms with Crippen LogP contribution in [0.4, 0.5) is 0 Å². The Morgan fingerprint density at radius 1 is 1.30 bits per heavy atom. The highest BCUT2D eigenvalue weighted by molar-refractivity contribution is 9.09. The summed E-state index contributed by atoms with van der Waals surface area (Å²) in [6.07, 6.45) is 11.2. The second kappa shape index (κ2) is 8.23. The summed E-state index contributed by atoms with van der Waals surface area (Å²) < 4.78 is 0. The molecule has 2 rings (SSSR count). The molecule has 0 aliphatic heterocycles. The Bertz CT molecular complexity index is 530. The lowest BCUT2D eigenvalue weighted by atomic mass is 9.65. The molecule has 2 aliphatic rings. The number of hydrogen-bond donors (Lipinski definition) is 2. The first-order valence-electron chi connectivity index (χ1n) is 8.64. The molecule has 0 spiro atoms. The normalized spacial score (nSPS) is 31.2. The maximum absolute atomic E-state index is 10.6. The fraction of sp³-hybridized carbons (Fsp3) is 0.600. The molecule has 2 N–H and O–H groups in total. The van der Waals surface area contributed by atoms with Gasteiger partial charge >= 0.3 is 0 Å². The minimum absolute atomic E-state index is 0.0539. The molecule has 0 saturated heterocycles. The van der Waals surface area contributed by atoms with Crippen LogP contribution in [0.5, 0.6) is 0 Å². The van der Waals surface area contributed by atoms with E-state index < -0.39 is 0 Å². The lowest BCUT2D eigenvalue weighted by Gasteiger charge is -2.40. The van der Waals surface area contributed by atoms with Crippen LogP contribution in [-0.2, 0) is 0 Å². The number of aliphatic hydroxyl groups is 2. The van der Waals surface area contributed by atoms with E-state index in [4.69, 9.17) is 0 Å². The second-order valence-corrected chi connectivity index (χ2v) is 7.91. The van der Waals surface area contributed by atoms with E-state index in [1.807, 2.05) is 6.08 Å². The van der Waals surface area contributed by atoms with Crippen LogP contribution in [0.25, 0.3) is 0 Å². The average Bonchev–Trinajstić information content (AvgIpc) is 2.46. The molecule has 4 atom stereocenters. The van der Waals surface area contributed by atoms with Gasteiger partial charge in [-0.3, -0.25) is 0 Å². The van der Waals surface area contributed by atoms with E-state index in [1.54, 1.807) is 0 Å². The monoisotopic (exact) mass is 380 g/mol. The highest BCUT2D eigenvalue weighted by Crippen LogP contribution is 2.45. The van der Waals surface area contributed by atoms with Crippen molar-refractivity contribution in [2.24, 2.45) is 23.7 Å².